The summed E-state index contributed by atoms with van der Waals surface area (Å²) in [5.41, 5.74) is 0.981. The summed E-state index contributed by atoms with van der Waals surface area (Å²) >= 11 is 0. The van der Waals surface area contributed by atoms with Crippen LogP contribution in [0.25, 0.3) is 10.9 Å². The number of aromatic amines is 1. The molecule has 1 aliphatic heterocycles. The summed E-state index contributed by atoms with van der Waals surface area (Å²) in [4.78, 5) is 30.7. The second-order valence-corrected chi connectivity index (χ2v) is 8.19. The Morgan fingerprint density at radius 3 is 2.55 bits per heavy atom. The highest BCUT2D eigenvalue weighted by atomic mass is 19.1. The number of aliphatic hydroxyl groups is 1. The monoisotopic (exact) mass is 392 g/mol. The van der Waals surface area contributed by atoms with Gasteiger partial charge in [0.05, 0.1) is 11.6 Å². The van der Waals surface area contributed by atoms with Gasteiger partial charge in [-0.3, -0.25) is 14.5 Å². The summed E-state index contributed by atoms with van der Waals surface area (Å²) in [5, 5.41) is 11.5. The number of aliphatic hydroxyl groups excluding tert-OH is 1. The smallest absolute Gasteiger partial charge is 0.294 e. The van der Waals surface area contributed by atoms with E-state index in [9.17, 15) is 19.1 Å². The lowest BCUT2D eigenvalue weighted by atomic mass is 9.82. The zero-order chi connectivity index (χ0) is 20.9. The number of anilines is 1. The van der Waals surface area contributed by atoms with Crippen LogP contribution in [0.4, 0.5) is 10.1 Å². The van der Waals surface area contributed by atoms with Crippen LogP contribution in [0.3, 0.4) is 0 Å². The SMILES string of the molecule is CC(C)(C)C(=O)C1=C(O)C(=O)N(c2cccc(F)c2)C1c1c[nH]c2ccccc12. The van der Waals surface area contributed by atoms with E-state index in [4.69, 9.17) is 0 Å². The molecule has 0 fully saturated rings. The van der Waals surface area contributed by atoms with Crippen molar-refractivity contribution in [3.63, 3.8) is 0 Å². The minimum absolute atomic E-state index is 0.0246. The minimum atomic E-state index is -0.868. The number of hydrogen-bond acceptors (Lipinski definition) is 3. The first-order chi connectivity index (χ1) is 13.7. The van der Waals surface area contributed by atoms with Gasteiger partial charge in [0.25, 0.3) is 5.91 Å². The van der Waals surface area contributed by atoms with Crippen LogP contribution >= 0.6 is 0 Å². The first-order valence-corrected chi connectivity index (χ1v) is 9.33. The van der Waals surface area contributed by atoms with Crippen molar-refractivity contribution in [3.05, 3.63) is 77.4 Å². The summed E-state index contributed by atoms with van der Waals surface area (Å²) in [6.45, 7) is 5.20. The van der Waals surface area contributed by atoms with Gasteiger partial charge in [0.2, 0.25) is 0 Å². The van der Waals surface area contributed by atoms with Gasteiger partial charge in [0.1, 0.15) is 5.82 Å². The van der Waals surface area contributed by atoms with Gasteiger partial charge in [0, 0.05) is 33.8 Å². The Bertz CT molecular complexity index is 1170. The van der Waals surface area contributed by atoms with Crippen molar-refractivity contribution >= 4 is 28.3 Å². The van der Waals surface area contributed by atoms with E-state index in [1.807, 2.05) is 24.3 Å². The summed E-state index contributed by atoms with van der Waals surface area (Å²) < 4.78 is 13.9. The molecule has 1 aliphatic rings. The van der Waals surface area contributed by atoms with Gasteiger partial charge in [0.15, 0.2) is 11.5 Å². The maximum Gasteiger partial charge on any atom is 0.294 e. The Hall–Kier alpha value is -3.41. The van der Waals surface area contributed by atoms with E-state index in [-0.39, 0.29) is 17.0 Å². The summed E-state index contributed by atoms with van der Waals surface area (Å²) in [6, 6.07) is 12.2. The summed E-state index contributed by atoms with van der Waals surface area (Å²) in [7, 11) is 0. The number of Topliss-reactive ketones (excluding diaryl/α,β-unsaturated/α-hetero) is 1. The van der Waals surface area contributed by atoms with Crippen LogP contribution < -0.4 is 4.90 Å². The fourth-order valence-corrected chi connectivity index (χ4v) is 3.75. The van der Waals surface area contributed by atoms with E-state index >= 15 is 0 Å². The molecular formula is C23H21FN2O3. The number of amides is 1. The summed E-state index contributed by atoms with van der Waals surface area (Å²) in [6.07, 6.45) is 1.73. The molecule has 4 rings (SSSR count). The third-order valence-corrected chi connectivity index (χ3v) is 5.14. The Morgan fingerprint density at radius 1 is 1.14 bits per heavy atom. The van der Waals surface area contributed by atoms with Crippen LogP contribution in [0, 0.1) is 11.2 Å². The van der Waals surface area contributed by atoms with E-state index in [2.05, 4.69) is 4.98 Å². The number of ketones is 1. The maximum absolute atomic E-state index is 13.9. The van der Waals surface area contributed by atoms with Crippen molar-refractivity contribution in [1.29, 1.82) is 0 Å². The van der Waals surface area contributed by atoms with Gasteiger partial charge < -0.3 is 10.1 Å². The largest absolute Gasteiger partial charge is 0.503 e. The number of carbonyl (C=O) groups excluding carboxylic acids is 2. The molecule has 1 aromatic heterocycles. The molecule has 0 spiro atoms. The predicted octanol–water partition coefficient (Wildman–Crippen LogP) is 4.82. The molecule has 29 heavy (non-hydrogen) atoms. The number of para-hydroxylation sites is 1. The fourth-order valence-electron chi connectivity index (χ4n) is 3.75. The highest BCUT2D eigenvalue weighted by Crippen LogP contribution is 2.45. The molecule has 6 heteroatoms. The Balaban J connectivity index is 1.98. The Labute approximate surface area is 167 Å². The van der Waals surface area contributed by atoms with Gasteiger partial charge in [-0.1, -0.05) is 45.0 Å². The van der Waals surface area contributed by atoms with Crippen molar-refractivity contribution in [2.45, 2.75) is 26.8 Å². The highest BCUT2D eigenvalue weighted by Gasteiger charge is 2.47. The number of rotatable bonds is 3. The van der Waals surface area contributed by atoms with E-state index in [0.29, 0.717) is 5.56 Å². The van der Waals surface area contributed by atoms with Gasteiger partial charge in [-0.25, -0.2) is 4.39 Å². The van der Waals surface area contributed by atoms with Gasteiger partial charge in [-0.2, -0.15) is 0 Å². The molecule has 2 aromatic carbocycles. The molecule has 1 amide bonds. The normalized spacial score (nSPS) is 17.4. The topological polar surface area (TPSA) is 73.4 Å². The van der Waals surface area contributed by atoms with Crippen molar-refractivity contribution in [1.82, 2.24) is 4.98 Å². The number of fused-ring (bicyclic) bond motifs is 1. The molecule has 0 bridgehead atoms. The molecule has 0 aliphatic carbocycles. The number of carbonyl (C=O) groups is 2. The number of hydrogen-bond donors (Lipinski definition) is 2. The van der Waals surface area contributed by atoms with Crippen molar-refractivity contribution in [2.24, 2.45) is 5.41 Å². The van der Waals surface area contributed by atoms with Gasteiger partial charge in [-0.05, 0) is 24.3 Å². The third kappa shape index (κ3) is 3.01. The highest BCUT2D eigenvalue weighted by molar-refractivity contribution is 6.18. The van der Waals surface area contributed by atoms with Crippen LogP contribution in [0.1, 0.15) is 32.4 Å². The van der Waals surface area contributed by atoms with Crippen LogP contribution in [0.2, 0.25) is 0 Å². The Kier molecular flexibility index (Phi) is 4.30. The molecule has 2 N–H and O–H groups in total. The lowest BCUT2D eigenvalue weighted by Crippen LogP contribution is -2.32. The number of benzene rings is 2. The first kappa shape index (κ1) is 18.9. The lowest BCUT2D eigenvalue weighted by molar-refractivity contribution is -0.123. The van der Waals surface area contributed by atoms with E-state index < -0.39 is 28.9 Å². The molecule has 5 nitrogen and oxygen atoms in total. The molecule has 1 atom stereocenters. The number of aromatic nitrogens is 1. The Morgan fingerprint density at radius 2 is 1.86 bits per heavy atom. The molecule has 0 radical (unpaired) electrons. The average Bonchev–Trinajstić information content (AvgIpc) is 3.20. The molecule has 0 saturated carbocycles. The molecule has 0 saturated heterocycles. The lowest BCUT2D eigenvalue weighted by Gasteiger charge is -2.28. The first-order valence-electron chi connectivity index (χ1n) is 9.33. The number of H-pyrrole nitrogens is 1. The maximum atomic E-state index is 13.9. The number of halogens is 1. The zero-order valence-electron chi connectivity index (χ0n) is 16.4. The van der Waals surface area contributed by atoms with Gasteiger partial charge >= 0.3 is 0 Å². The van der Waals surface area contributed by atoms with Crippen LogP contribution in [-0.2, 0) is 9.59 Å². The minimum Gasteiger partial charge on any atom is -0.503 e. The second-order valence-electron chi connectivity index (χ2n) is 8.19. The van der Waals surface area contributed by atoms with Crippen molar-refractivity contribution in [3.8, 4) is 0 Å². The third-order valence-electron chi connectivity index (χ3n) is 5.14. The quantitative estimate of drug-likeness (QED) is 0.671. The second kappa shape index (κ2) is 6.58. The molecule has 3 aromatic rings. The van der Waals surface area contributed by atoms with E-state index in [0.717, 1.165) is 10.9 Å². The average molecular weight is 392 g/mol. The van der Waals surface area contributed by atoms with Crippen molar-refractivity contribution < 1.29 is 19.1 Å². The van der Waals surface area contributed by atoms with Crippen LogP contribution in [0.15, 0.2) is 66.1 Å². The molecule has 2 heterocycles. The van der Waals surface area contributed by atoms with Gasteiger partial charge in [-0.15, -0.1) is 0 Å². The van der Waals surface area contributed by atoms with Crippen LogP contribution in [0.5, 0.6) is 0 Å². The summed E-state index contributed by atoms with van der Waals surface area (Å²) in [5.74, 6) is -2.16. The molecular weight excluding hydrogens is 371 g/mol. The number of nitrogens with zero attached hydrogens (tertiary/aromatic N) is 1. The van der Waals surface area contributed by atoms with Crippen LogP contribution in [-0.4, -0.2) is 21.8 Å². The van der Waals surface area contributed by atoms with Crippen molar-refractivity contribution in [2.75, 3.05) is 4.90 Å². The van der Waals surface area contributed by atoms with E-state index in [1.54, 1.807) is 33.0 Å². The number of nitrogens with one attached hydrogen (secondary N) is 1. The predicted molar refractivity (Wildman–Crippen MR) is 109 cm³/mol. The standard InChI is InChI=1S/C23H21FN2O3/c1-23(2,3)21(28)18-19(16-12-25-17-10-5-4-9-15(16)17)26(22(29)20(18)27)14-8-6-7-13(24)11-14/h4-12,19,25,27H,1-3H3. The fraction of sp³-hybridized carbons (Fsp3) is 0.217. The van der Waals surface area contributed by atoms with E-state index in [1.165, 1.54) is 23.1 Å². The molecule has 148 valence electrons. The zero-order valence-corrected chi connectivity index (χ0v) is 16.4. The molecule has 1 unspecified atom stereocenters.